The average molecular weight is 424 g/mol. The number of nitrogens with one attached hydrogen (secondary N) is 2. The zero-order valence-electron chi connectivity index (χ0n) is 17.8. The van der Waals surface area contributed by atoms with Crippen LogP contribution in [-0.4, -0.2) is 55.5 Å². The Bertz CT molecular complexity index is 865. The summed E-state index contributed by atoms with van der Waals surface area (Å²) in [6.45, 7) is 1.52. The van der Waals surface area contributed by atoms with Crippen LogP contribution in [0.4, 0.5) is 0 Å². The molecule has 31 heavy (non-hydrogen) atoms. The first-order valence-corrected chi connectivity index (χ1v) is 10.5. The summed E-state index contributed by atoms with van der Waals surface area (Å²) in [6, 6.07) is 17.8. The van der Waals surface area contributed by atoms with Gasteiger partial charge in [0, 0.05) is 32.3 Å². The molecule has 0 aliphatic carbocycles. The average Bonchev–Trinajstić information content (AvgIpc) is 2.82. The van der Waals surface area contributed by atoms with Crippen LogP contribution in [0.1, 0.15) is 28.8 Å². The molecule has 2 N–H and O–H groups in total. The van der Waals surface area contributed by atoms with E-state index in [-0.39, 0.29) is 30.2 Å². The number of methoxy groups -OCH3 is 1. The Kier molecular flexibility index (Phi) is 8.18. The second-order valence-electron chi connectivity index (χ2n) is 7.67. The molecule has 1 fully saturated rings. The summed E-state index contributed by atoms with van der Waals surface area (Å²) in [7, 11) is 1.50. The quantitative estimate of drug-likeness (QED) is 0.680. The van der Waals surface area contributed by atoms with E-state index in [9.17, 15) is 14.4 Å². The van der Waals surface area contributed by atoms with Gasteiger partial charge in [-0.1, -0.05) is 48.5 Å². The molecule has 2 aromatic carbocycles. The molecule has 2 aromatic rings. The Balaban J connectivity index is 1.67. The van der Waals surface area contributed by atoms with E-state index in [1.807, 2.05) is 36.4 Å². The fourth-order valence-corrected chi connectivity index (χ4v) is 3.80. The fraction of sp³-hybridized carbons (Fsp3) is 0.375. The number of ether oxygens (including phenoxy) is 1. The van der Waals surface area contributed by atoms with E-state index in [4.69, 9.17) is 4.74 Å². The van der Waals surface area contributed by atoms with Crippen LogP contribution in [-0.2, 0) is 20.9 Å². The predicted molar refractivity (Wildman–Crippen MR) is 117 cm³/mol. The highest BCUT2D eigenvalue weighted by Crippen LogP contribution is 2.22. The molecule has 0 radical (unpaired) electrons. The third-order valence-electron chi connectivity index (χ3n) is 5.55. The first-order chi connectivity index (χ1) is 15.1. The van der Waals surface area contributed by atoms with Crippen LogP contribution in [0.5, 0.6) is 0 Å². The Hall–Kier alpha value is -3.19. The van der Waals surface area contributed by atoms with Crippen LogP contribution >= 0.6 is 0 Å². The minimum atomic E-state index is -0.670. The van der Waals surface area contributed by atoms with Gasteiger partial charge in [-0.05, 0) is 36.5 Å². The minimum Gasteiger partial charge on any atom is -0.375 e. The summed E-state index contributed by atoms with van der Waals surface area (Å²) in [5.41, 5.74) is 1.50. The van der Waals surface area contributed by atoms with E-state index in [2.05, 4.69) is 10.6 Å². The van der Waals surface area contributed by atoms with Crippen molar-refractivity contribution in [2.75, 3.05) is 26.8 Å². The molecular weight excluding hydrogens is 394 g/mol. The van der Waals surface area contributed by atoms with Crippen LogP contribution in [0, 0.1) is 5.92 Å². The maximum absolute atomic E-state index is 13.1. The van der Waals surface area contributed by atoms with Gasteiger partial charge in [-0.25, -0.2) is 0 Å². The van der Waals surface area contributed by atoms with Gasteiger partial charge in [0.25, 0.3) is 5.91 Å². The van der Waals surface area contributed by atoms with Crippen molar-refractivity contribution in [2.24, 2.45) is 5.92 Å². The summed E-state index contributed by atoms with van der Waals surface area (Å²) in [4.78, 5) is 39.7. The van der Waals surface area contributed by atoms with Crippen LogP contribution in [0.15, 0.2) is 60.7 Å². The van der Waals surface area contributed by atoms with Crippen molar-refractivity contribution in [3.63, 3.8) is 0 Å². The number of hydrogen-bond donors (Lipinski definition) is 2. The van der Waals surface area contributed by atoms with E-state index in [0.717, 1.165) is 5.56 Å². The highest BCUT2D eigenvalue weighted by Gasteiger charge is 2.33. The van der Waals surface area contributed by atoms with Gasteiger partial charge >= 0.3 is 0 Å². The molecule has 0 spiro atoms. The Morgan fingerprint density at radius 3 is 2.23 bits per heavy atom. The maximum Gasteiger partial charge on any atom is 0.251 e. The van der Waals surface area contributed by atoms with Gasteiger partial charge in [-0.3, -0.25) is 14.4 Å². The van der Waals surface area contributed by atoms with Gasteiger partial charge in [0.1, 0.15) is 12.6 Å². The molecule has 0 unspecified atom stereocenters. The third kappa shape index (κ3) is 6.39. The molecule has 1 heterocycles. The van der Waals surface area contributed by atoms with Gasteiger partial charge in [0.05, 0.1) is 0 Å². The Labute approximate surface area is 182 Å². The van der Waals surface area contributed by atoms with Gasteiger partial charge in [0.2, 0.25) is 11.8 Å². The lowest BCUT2D eigenvalue weighted by Crippen LogP contribution is -2.54. The normalized spacial score (nSPS) is 15.2. The smallest absolute Gasteiger partial charge is 0.251 e. The Morgan fingerprint density at radius 2 is 1.61 bits per heavy atom. The lowest BCUT2D eigenvalue weighted by atomic mass is 9.88. The zero-order valence-corrected chi connectivity index (χ0v) is 17.8. The van der Waals surface area contributed by atoms with Crippen molar-refractivity contribution < 1.29 is 19.1 Å². The van der Waals surface area contributed by atoms with Crippen molar-refractivity contribution in [3.05, 3.63) is 71.8 Å². The molecule has 1 aliphatic heterocycles. The van der Waals surface area contributed by atoms with E-state index >= 15 is 0 Å². The number of hydrogen-bond acceptors (Lipinski definition) is 4. The lowest BCUT2D eigenvalue weighted by Gasteiger charge is -2.35. The second-order valence-corrected chi connectivity index (χ2v) is 7.67. The van der Waals surface area contributed by atoms with Gasteiger partial charge in [0.15, 0.2) is 0 Å². The third-order valence-corrected chi connectivity index (χ3v) is 5.55. The summed E-state index contributed by atoms with van der Waals surface area (Å²) in [6.07, 6.45) is 1.27. The van der Waals surface area contributed by atoms with Crippen LogP contribution < -0.4 is 10.6 Å². The van der Waals surface area contributed by atoms with Crippen molar-refractivity contribution in [1.82, 2.24) is 15.5 Å². The number of carbonyl (C=O) groups excluding carboxylic acids is 3. The summed E-state index contributed by atoms with van der Waals surface area (Å²) < 4.78 is 4.93. The molecule has 7 heteroatoms. The highest BCUT2D eigenvalue weighted by atomic mass is 16.5. The van der Waals surface area contributed by atoms with E-state index in [1.165, 1.54) is 7.11 Å². The number of piperidine rings is 1. The maximum atomic E-state index is 13.1. The van der Waals surface area contributed by atoms with Crippen molar-refractivity contribution in [1.29, 1.82) is 0 Å². The molecule has 164 valence electrons. The first kappa shape index (κ1) is 22.5. The van der Waals surface area contributed by atoms with Gasteiger partial charge in [-0.15, -0.1) is 0 Å². The number of benzene rings is 2. The number of rotatable bonds is 8. The molecular formula is C24H29N3O4. The molecule has 0 aromatic heterocycles. The number of amides is 3. The molecule has 1 aliphatic rings. The molecule has 3 rings (SSSR count). The SMILES string of the molecule is COCC(=O)N1CCC([C@H](NC(=O)c2ccccc2)C(=O)NCc2ccccc2)CC1. The number of carbonyl (C=O) groups is 3. The van der Waals surface area contributed by atoms with Gasteiger partial charge < -0.3 is 20.3 Å². The molecule has 1 saturated heterocycles. The van der Waals surface area contributed by atoms with Crippen molar-refractivity contribution >= 4 is 17.7 Å². The zero-order chi connectivity index (χ0) is 22.1. The molecule has 1 atom stereocenters. The van der Waals surface area contributed by atoms with Crippen LogP contribution in [0.3, 0.4) is 0 Å². The monoisotopic (exact) mass is 423 g/mol. The van der Waals surface area contributed by atoms with E-state index in [1.54, 1.807) is 29.2 Å². The van der Waals surface area contributed by atoms with Crippen LogP contribution in [0.2, 0.25) is 0 Å². The lowest BCUT2D eigenvalue weighted by molar-refractivity contribution is -0.136. The van der Waals surface area contributed by atoms with E-state index in [0.29, 0.717) is 38.0 Å². The topological polar surface area (TPSA) is 87.7 Å². The predicted octanol–water partition coefficient (Wildman–Crippen LogP) is 1.99. The van der Waals surface area contributed by atoms with Crippen molar-refractivity contribution in [3.8, 4) is 0 Å². The van der Waals surface area contributed by atoms with Gasteiger partial charge in [-0.2, -0.15) is 0 Å². The molecule has 0 bridgehead atoms. The summed E-state index contributed by atoms with van der Waals surface area (Å²) >= 11 is 0. The Morgan fingerprint density at radius 1 is 1.00 bits per heavy atom. The van der Waals surface area contributed by atoms with E-state index < -0.39 is 6.04 Å². The molecule has 3 amide bonds. The summed E-state index contributed by atoms with van der Waals surface area (Å²) in [5.74, 6) is -0.609. The fourth-order valence-electron chi connectivity index (χ4n) is 3.80. The number of nitrogens with zero attached hydrogens (tertiary/aromatic N) is 1. The first-order valence-electron chi connectivity index (χ1n) is 10.5. The standard InChI is InChI=1S/C24H29N3O4/c1-31-17-21(28)27-14-12-19(13-15-27)22(26-23(29)20-10-6-3-7-11-20)24(30)25-16-18-8-4-2-5-9-18/h2-11,19,22H,12-17H2,1H3,(H,25,30)(H,26,29)/t22-/m0/s1. The molecule has 0 saturated carbocycles. The number of likely N-dealkylation sites (tertiary alicyclic amines) is 1. The second kappa shape index (κ2) is 11.3. The minimum absolute atomic E-state index is 0.0520. The van der Waals surface area contributed by atoms with Crippen molar-refractivity contribution in [2.45, 2.75) is 25.4 Å². The van der Waals surface area contributed by atoms with Crippen LogP contribution in [0.25, 0.3) is 0 Å². The molecule has 7 nitrogen and oxygen atoms in total. The largest absolute Gasteiger partial charge is 0.375 e. The highest BCUT2D eigenvalue weighted by molar-refractivity contribution is 5.97. The summed E-state index contributed by atoms with van der Waals surface area (Å²) in [5, 5.41) is 5.88.